The Labute approximate surface area is 175 Å². The average Bonchev–Trinajstić information content (AvgIpc) is 2.60. The van der Waals surface area contributed by atoms with Crippen molar-refractivity contribution in [2.45, 2.75) is 39.3 Å². The Morgan fingerprint density at radius 1 is 1.15 bits per heavy atom. The minimum absolute atomic E-state index is 0. The summed E-state index contributed by atoms with van der Waals surface area (Å²) in [7, 11) is 5.16. The maximum atomic E-state index is 5.92. The lowest BCUT2D eigenvalue weighted by Crippen LogP contribution is -2.45. The van der Waals surface area contributed by atoms with Gasteiger partial charge >= 0.3 is 0 Å². The van der Waals surface area contributed by atoms with Gasteiger partial charge in [0.15, 0.2) is 5.96 Å². The van der Waals surface area contributed by atoms with Crippen LogP contribution in [0.3, 0.4) is 0 Å². The third-order valence-corrected chi connectivity index (χ3v) is 3.88. The molecule has 0 saturated heterocycles. The van der Waals surface area contributed by atoms with Gasteiger partial charge in [0.1, 0.15) is 5.75 Å². The van der Waals surface area contributed by atoms with Gasteiger partial charge < -0.3 is 24.8 Å². The number of halogens is 1. The van der Waals surface area contributed by atoms with Crippen LogP contribution in [0, 0.1) is 6.92 Å². The summed E-state index contributed by atoms with van der Waals surface area (Å²) in [5, 5.41) is 6.60. The van der Waals surface area contributed by atoms with E-state index >= 15 is 0 Å². The molecule has 0 bridgehead atoms. The van der Waals surface area contributed by atoms with Crippen molar-refractivity contribution < 1.29 is 14.2 Å². The van der Waals surface area contributed by atoms with Crippen LogP contribution in [0.1, 0.15) is 31.4 Å². The molecule has 0 atom stereocenters. The lowest BCUT2D eigenvalue weighted by Gasteiger charge is -2.24. The summed E-state index contributed by atoms with van der Waals surface area (Å²) in [4.78, 5) is 4.26. The van der Waals surface area contributed by atoms with Crippen molar-refractivity contribution in [3.8, 4) is 5.75 Å². The predicted molar refractivity (Wildman–Crippen MR) is 118 cm³/mol. The van der Waals surface area contributed by atoms with Gasteiger partial charge in [0.25, 0.3) is 0 Å². The van der Waals surface area contributed by atoms with Crippen LogP contribution < -0.4 is 15.4 Å². The Balaban J connectivity index is 0.00000625. The molecule has 0 radical (unpaired) electrons. The number of aliphatic imine (C=N–C) groups is 1. The van der Waals surface area contributed by atoms with E-state index in [0.29, 0.717) is 26.3 Å². The Kier molecular flexibility index (Phi) is 12.6. The number of hydrogen-bond donors (Lipinski definition) is 2. The Morgan fingerprint density at radius 3 is 2.50 bits per heavy atom. The number of methoxy groups -OCH3 is 2. The van der Waals surface area contributed by atoms with E-state index in [2.05, 4.69) is 40.7 Å². The normalized spacial score (nSPS) is 11.7. The highest BCUT2D eigenvalue weighted by molar-refractivity contribution is 14.0. The number of hydrogen-bond acceptors (Lipinski definition) is 4. The molecule has 0 aliphatic carbocycles. The third kappa shape index (κ3) is 9.59. The summed E-state index contributed by atoms with van der Waals surface area (Å²) < 4.78 is 16.4. The van der Waals surface area contributed by atoms with E-state index in [0.717, 1.165) is 23.7 Å². The average molecular weight is 479 g/mol. The van der Waals surface area contributed by atoms with Crippen LogP contribution in [0.5, 0.6) is 5.75 Å². The molecule has 6 nitrogen and oxygen atoms in total. The first-order valence-electron chi connectivity index (χ1n) is 8.63. The minimum atomic E-state index is -0.253. The van der Waals surface area contributed by atoms with Crippen molar-refractivity contribution >= 4 is 29.9 Å². The van der Waals surface area contributed by atoms with Gasteiger partial charge in [-0.05, 0) is 32.4 Å². The maximum absolute atomic E-state index is 5.92. The first-order valence-corrected chi connectivity index (χ1v) is 8.63. The zero-order chi connectivity index (χ0) is 18.7. The maximum Gasteiger partial charge on any atom is 0.191 e. The molecule has 0 heterocycles. The van der Waals surface area contributed by atoms with Gasteiger partial charge in [0, 0.05) is 52.9 Å². The monoisotopic (exact) mass is 479 g/mol. The Hall–Kier alpha value is -1.06. The van der Waals surface area contributed by atoms with Crippen molar-refractivity contribution in [2.24, 2.45) is 4.99 Å². The highest BCUT2D eigenvalue weighted by Gasteiger charge is 2.16. The molecule has 1 aromatic rings. The van der Waals surface area contributed by atoms with Gasteiger partial charge in [-0.25, -0.2) is 0 Å². The van der Waals surface area contributed by atoms with Gasteiger partial charge in [-0.1, -0.05) is 12.1 Å². The number of benzene rings is 1. The van der Waals surface area contributed by atoms with Gasteiger partial charge in [-0.15, -0.1) is 24.0 Å². The molecule has 26 heavy (non-hydrogen) atoms. The largest absolute Gasteiger partial charge is 0.493 e. The quantitative estimate of drug-likeness (QED) is 0.234. The number of aryl methyl sites for hydroxylation is 1. The van der Waals surface area contributed by atoms with Gasteiger partial charge in [0.2, 0.25) is 0 Å². The highest BCUT2D eigenvalue weighted by Crippen LogP contribution is 2.20. The molecule has 0 saturated carbocycles. The Morgan fingerprint density at radius 2 is 1.88 bits per heavy atom. The van der Waals surface area contributed by atoms with Gasteiger partial charge in [0.05, 0.1) is 12.2 Å². The molecule has 0 aromatic heterocycles. The fraction of sp³-hybridized carbons (Fsp3) is 0.632. The second kappa shape index (κ2) is 13.2. The summed E-state index contributed by atoms with van der Waals surface area (Å²) in [5.41, 5.74) is 2.02. The van der Waals surface area contributed by atoms with Crippen LogP contribution in [0.2, 0.25) is 0 Å². The van der Waals surface area contributed by atoms with E-state index in [1.54, 1.807) is 21.3 Å². The zero-order valence-corrected chi connectivity index (χ0v) is 19.2. The molecule has 1 rings (SSSR count). The summed E-state index contributed by atoms with van der Waals surface area (Å²) in [6.07, 6.45) is 0.868. The molecule has 0 aliphatic rings. The standard InChI is InChI=1S/C19H33N3O3.HI/c1-15-8-9-16(17(12-15)25-11-7-10-23-5)13-21-18(20-4)22-14-19(2,3)24-6;/h8-9,12H,7,10-11,13-14H2,1-6H3,(H2,20,21,22);1H. The summed E-state index contributed by atoms with van der Waals surface area (Å²) >= 11 is 0. The second-order valence-electron chi connectivity index (χ2n) is 6.55. The van der Waals surface area contributed by atoms with Crippen LogP contribution in [-0.4, -0.2) is 52.6 Å². The van der Waals surface area contributed by atoms with E-state index in [9.17, 15) is 0 Å². The van der Waals surface area contributed by atoms with Crippen molar-refractivity contribution in [3.63, 3.8) is 0 Å². The van der Waals surface area contributed by atoms with Crippen LogP contribution in [0.15, 0.2) is 23.2 Å². The smallest absolute Gasteiger partial charge is 0.191 e. The fourth-order valence-corrected chi connectivity index (χ4v) is 2.10. The number of ether oxygens (including phenoxy) is 3. The van der Waals surface area contributed by atoms with E-state index in [-0.39, 0.29) is 29.6 Å². The zero-order valence-electron chi connectivity index (χ0n) is 16.8. The lowest BCUT2D eigenvalue weighted by molar-refractivity contribution is 0.0268. The van der Waals surface area contributed by atoms with E-state index < -0.39 is 0 Å². The number of guanidine groups is 1. The van der Waals surface area contributed by atoms with E-state index in [1.807, 2.05) is 13.8 Å². The minimum Gasteiger partial charge on any atom is -0.493 e. The van der Waals surface area contributed by atoms with Crippen LogP contribution in [0.4, 0.5) is 0 Å². The number of nitrogens with zero attached hydrogens (tertiary/aromatic N) is 1. The first-order chi connectivity index (χ1) is 11.9. The molecule has 150 valence electrons. The molecule has 0 spiro atoms. The van der Waals surface area contributed by atoms with Crippen LogP contribution >= 0.6 is 24.0 Å². The van der Waals surface area contributed by atoms with Crippen molar-refractivity contribution in [3.05, 3.63) is 29.3 Å². The first kappa shape index (κ1) is 24.9. The SMILES string of the molecule is CN=C(NCc1ccc(C)cc1OCCCOC)NCC(C)(C)OC.I. The third-order valence-electron chi connectivity index (χ3n) is 3.88. The summed E-state index contributed by atoms with van der Waals surface area (Å²) in [6.45, 7) is 8.75. The molecule has 7 heteroatoms. The molecule has 0 aliphatic heterocycles. The topological polar surface area (TPSA) is 64.1 Å². The molecular formula is C19H34IN3O3. The van der Waals surface area contributed by atoms with Crippen molar-refractivity contribution in [1.29, 1.82) is 0 Å². The van der Waals surface area contributed by atoms with Gasteiger partial charge in [-0.2, -0.15) is 0 Å². The molecule has 1 aromatic carbocycles. The number of nitrogens with one attached hydrogen (secondary N) is 2. The number of rotatable bonds is 10. The van der Waals surface area contributed by atoms with Gasteiger partial charge in [-0.3, -0.25) is 4.99 Å². The molecule has 0 amide bonds. The molecule has 2 N–H and O–H groups in total. The van der Waals surface area contributed by atoms with Crippen LogP contribution in [-0.2, 0) is 16.0 Å². The van der Waals surface area contributed by atoms with E-state index in [1.165, 1.54) is 5.56 Å². The highest BCUT2D eigenvalue weighted by atomic mass is 127. The predicted octanol–water partition coefficient (Wildman–Crippen LogP) is 3.12. The molecule has 0 unspecified atom stereocenters. The van der Waals surface area contributed by atoms with Crippen molar-refractivity contribution in [2.75, 3.05) is 41.0 Å². The summed E-state index contributed by atoms with van der Waals surface area (Å²) in [6, 6.07) is 6.23. The lowest BCUT2D eigenvalue weighted by atomic mass is 10.1. The van der Waals surface area contributed by atoms with Crippen LogP contribution in [0.25, 0.3) is 0 Å². The fourth-order valence-electron chi connectivity index (χ4n) is 2.10. The Bertz CT molecular complexity index is 551. The van der Waals surface area contributed by atoms with Crippen molar-refractivity contribution in [1.82, 2.24) is 10.6 Å². The molecular weight excluding hydrogens is 445 g/mol. The second-order valence-corrected chi connectivity index (χ2v) is 6.55. The molecule has 0 fully saturated rings. The van der Waals surface area contributed by atoms with E-state index in [4.69, 9.17) is 14.2 Å². The summed E-state index contributed by atoms with van der Waals surface area (Å²) in [5.74, 6) is 1.63.